The van der Waals surface area contributed by atoms with Gasteiger partial charge >= 0.3 is 0 Å². The Labute approximate surface area is 185 Å². The molecule has 0 bridgehead atoms. The maximum Gasteiger partial charge on any atom is 0.258 e. The average Bonchev–Trinajstić information content (AvgIpc) is 2.79. The van der Waals surface area contributed by atoms with Crippen molar-refractivity contribution in [3.8, 4) is 5.75 Å². The number of piperidine rings is 1. The Morgan fingerprint density at radius 1 is 1.16 bits per heavy atom. The molecule has 0 radical (unpaired) electrons. The number of rotatable bonds is 8. The van der Waals surface area contributed by atoms with Crippen molar-refractivity contribution in [2.45, 2.75) is 56.9 Å². The first-order valence-corrected chi connectivity index (χ1v) is 12.4. The topological polar surface area (TPSA) is 66.9 Å². The van der Waals surface area contributed by atoms with Gasteiger partial charge in [0.2, 0.25) is 10.0 Å². The van der Waals surface area contributed by atoms with E-state index in [0.717, 1.165) is 37.8 Å². The fraction of sp³-hybridized carbons (Fsp3) is 0.458. The molecule has 0 aromatic heterocycles. The lowest BCUT2D eigenvalue weighted by Crippen LogP contribution is -2.42. The fourth-order valence-corrected chi connectivity index (χ4v) is 5.88. The minimum Gasteiger partial charge on any atom is -0.495 e. The zero-order chi connectivity index (χ0) is 22.4. The molecule has 1 saturated heterocycles. The van der Waals surface area contributed by atoms with E-state index >= 15 is 0 Å². The number of anilines is 1. The SMILES string of the molecule is CCCCN(C(=O)c1ccc(OC)c(S(=O)(=O)N2CCCCC2C)c1)c1ccccc1. The second kappa shape index (κ2) is 10.3. The van der Waals surface area contributed by atoms with Crippen molar-refractivity contribution >= 4 is 21.6 Å². The molecule has 0 saturated carbocycles. The van der Waals surface area contributed by atoms with Crippen molar-refractivity contribution in [2.24, 2.45) is 0 Å². The largest absolute Gasteiger partial charge is 0.495 e. The summed E-state index contributed by atoms with van der Waals surface area (Å²) in [5.74, 6) is 0.0413. The summed E-state index contributed by atoms with van der Waals surface area (Å²) >= 11 is 0. The lowest BCUT2D eigenvalue weighted by molar-refractivity contribution is 0.0986. The molecule has 2 aromatic rings. The van der Waals surface area contributed by atoms with Crippen LogP contribution in [0.15, 0.2) is 53.4 Å². The molecule has 31 heavy (non-hydrogen) atoms. The Kier molecular flexibility index (Phi) is 7.73. The van der Waals surface area contributed by atoms with Crippen molar-refractivity contribution in [1.29, 1.82) is 0 Å². The number of carbonyl (C=O) groups is 1. The lowest BCUT2D eigenvalue weighted by Gasteiger charge is -2.32. The lowest BCUT2D eigenvalue weighted by atomic mass is 10.1. The van der Waals surface area contributed by atoms with E-state index in [9.17, 15) is 13.2 Å². The van der Waals surface area contributed by atoms with Crippen LogP contribution in [-0.4, -0.2) is 44.9 Å². The highest BCUT2D eigenvalue weighted by atomic mass is 32.2. The Balaban J connectivity index is 2.01. The highest BCUT2D eigenvalue weighted by molar-refractivity contribution is 7.89. The number of carbonyl (C=O) groups excluding carboxylic acids is 1. The van der Waals surface area contributed by atoms with Gasteiger partial charge in [-0.3, -0.25) is 4.79 Å². The van der Waals surface area contributed by atoms with Gasteiger partial charge in [-0.1, -0.05) is 38.0 Å². The summed E-state index contributed by atoms with van der Waals surface area (Å²) in [6, 6.07) is 14.1. The molecule has 1 amide bonds. The Morgan fingerprint density at radius 3 is 2.55 bits per heavy atom. The van der Waals surface area contributed by atoms with Crippen molar-refractivity contribution < 1.29 is 17.9 Å². The number of para-hydroxylation sites is 1. The molecule has 1 atom stereocenters. The molecule has 1 aliphatic rings. The summed E-state index contributed by atoms with van der Waals surface area (Å²) in [6.07, 6.45) is 4.49. The van der Waals surface area contributed by atoms with E-state index in [2.05, 4.69) is 6.92 Å². The van der Waals surface area contributed by atoms with Crippen LogP contribution in [0.1, 0.15) is 56.3 Å². The summed E-state index contributed by atoms with van der Waals surface area (Å²) in [6.45, 7) is 5.06. The van der Waals surface area contributed by atoms with Gasteiger partial charge in [0.25, 0.3) is 5.91 Å². The standard InChI is InChI=1S/C24H32N2O4S/c1-4-5-16-25(21-12-7-6-8-13-21)24(27)20-14-15-22(30-3)23(18-20)31(28,29)26-17-10-9-11-19(26)2/h6-8,12-15,18-19H,4-5,9-11,16-17H2,1-3H3. The van der Waals surface area contributed by atoms with E-state index in [-0.39, 0.29) is 22.6 Å². The fourth-order valence-electron chi connectivity index (χ4n) is 3.99. The molecule has 7 heteroatoms. The Bertz CT molecular complexity index is 992. The summed E-state index contributed by atoms with van der Waals surface area (Å²) < 4.78 is 33.9. The van der Waals surface area contributed by atoms with Gasteiger partial charge in [-0.05, 0) is 56.5 Å². The molecule has 6 nitrogen and oxygen atoms in total. The van der Waals surface area contributed by atoms with Gasteiger partial charge in [0.1, 0.15) is 10.6 Å². The van der Waals surface area contributed by atoms with Crippen LogP contribution in [-0.2, 0) is 10.0 Å². The van der Waals surface area contributed by atoms with E-state index in [1.54, 1.807) is 17.0 Å². The number of hydrogen-bond donors (Lipinski definition) is 0. The van der Waals surface area contributed by atoms with Gasteiger partial charge in [0.15, 0.2) is 0 Å². The van der Waals surface area contributed by atoms with Gasteiger partial charge in [-0.25, -0.2) is 8.42 Å². The Hall–Kier alpha value is -2.38. The van der Waals surface area contributed by atoms with Gasteiger partial charge < -0.3 is 9.64 Å². The van der Waals surface area contributed by atoms with Gasteiger partial charge in [-0.15, -0.1) is 0 Å². The van der Waals surface area contributed by atoms with Crippen LogP contribution < -0.4 is 9.64 Å². The number of amides is 1. The van der Waals surface area contributed by atoms with Crippen LogP contribution in [0.2, 0.25) is 0 Å². The molecule has 168 valence electrons. The maximum absolute atomic E-state index is 13.5. The monoisotopic (exact) mass is 444 g/mol. The van der Waals surface area contributed by atoms with Crippen LogP contribution in [0.25, 0.3) is 0 Å². The molecule has 2 aromatic carbocycles. The minimum atomic E-state index is -3.78. The first-order chi connectivity index (χ1) is 14.9. The molecule has 1 heterocycles. The van der Waals surface area contributed by atoms with Crippen LogP contribution in [0, 0.1) is 0 Å². The quantitative estimate of drug-likeness (QED) is 0.592. The van der Waals surface area contributed by atoms with E-state index in [0.29, 0.717) is 18.7 Å². The highest BCUT2D eigenvalue weighted by Gasteiger charge is 2.34. The number of benzene rings is 2. The number of hydrogen-bond acceptors (Lipinski definition) is 4. The molecule has 3 rings (SSSR count). The predicted octanol–water partition coefficient (Wildman–Crippen LogP) is 4.71. The van der Waals surface area contributed by atoms with Gasteiger partial charge in [0, 0.05) is 30.4 Å². The maximum atomic E-state index is 13.5. The Morgan fingerprint density at radius 2 is 1.90 bits per heavy atom. The molecular formula is C24H32N2O4S. The van der Waals surface area contributed by atoms with Crippen molar-refractivity contribution in [2.75, 3.05) is 25.1 Å². The van der Waals surface area contributed by atoms with Gasteiger partial charge in [-0.2, -0.15) is 4.31 Å². The van der Waals surface area contributed by atoms with Crippen LogP contribution >= 0.6 is 0 Å². The van der Waals surface area contributed by atoms with Crippen molar-refractivity contribution in [1.82, 2.24) is 4.31 Å². The predicted molar refractivity (Wildman–Crippen MR) is 123 cm³/mol. The smallest absolute Gasteiger partial charge is 0.258 e. The average molecular weight is 445 g/mol. The number of unbranched alkanes of at least 4 members (excludes halogenated alkanes) is 1. The van der Waals surface area contributed by atoms with E-state index < -0.39 is 10.0 Å². The van der Waals surface area contributed by atoms with E-state index in [1.807, 2.05) is 37.3 Å². The van der Waals surface area contributed by atoms with E-state index in [4.69, 9.17) is 4.74 Å². The van der Waals surface area contributed by atoms with Crippen molar-refractivity contribution in [3.05, 3.63) is 54.1 Å². The molecule has 1 unspecified atom stereocenters. The highest BCUT2D eigenvalue weighted by Crippen LogP contribution is 2.32. The summed E-state index contributed by atoms with van der Waals surface area (Å²) in [4.78, 5) is 15.2. The van der Waals surface area contributed by atoms with Crippen molar-refractivity contribution in [3.63, 3.8) is 0 Å². The first-order valence-electron chi connectivity index (χ1n) is 11.0. The van der Waals surface area contributed by atoms with Crippen LogP contribution in [0.5, 0.6) is 5.75 Å². The van der Waals surface area contributed by atoms with Gasteiger partial charge in [0.05, 0.1) is 7.11 Å². The molecule has 0 N–H and O–H groups in total. The third kappa shape index (κ3) is 5.10. The summed E-state index contributed by atoms with van der Waals surface area (Å²) in [7, 11) is -2.33. The third-order valence-corrected chi connectivity index (χ3v) is 7.82. The normalized spacial score (nSPS) is 17.3. The molecule has 1 aliphatic heterocycles. The number of methoxy groups -OCH3 is 1. The zero-order valence-electron chi connectivity index (χ0n) is 18.6. The minimum absolute atomic E-state index is 0.0538. The third-order valence-electron chi connectivity index (χ3n) is 5.79. The molecule has 0 spiro atoms. The van der Waals surface area contributed by atoms with Crippen LogP contribution in [0.4, 0.5) is 5.69 Å². The van der Waals surface area contributed by atoms with E-state index in [1.165, 1.54) is 17.5 Å². The number of nitrogens with zero attached hydrogens (tertiary/aromatic N) is 2. The molecule has 0 aliphatic carbocycles. The first kappa shape index (κ1) is 23.3. The molecular weight excluding hydrogens is 412 g/mol. The number of sulfonamides is 1. The summed E-state index contributed by atoms with van der Waals surface area (Å²) in [5.41, 5.74) is 1.13. The summed E-state index contributed by atoms with van der Waals surface area (Å²) in [5, 5.41) is 0. The zero-order valence-corrected chi connectivity index (χ0v) is 19.4. The van der Waals surface area contributed by atoms with Crippen LogP contribution in [0.3, 0.4) is 0 Å². The second-order valence-corrected chi connectivity index (χ2v) is 9.83. The molecule has 1 fully saturated rings. The second-order valence-electron chi connectivity index (χ2n) is 7.97. The number of ether oxygens (including phenoxy) is 1.